The van der Waals surface area contributed by atoms with Gasteiger partial charge in [-0.05, 0) is 59.9 Å². The Labute approximate surface area is 193 Å². The minimum atomic E-state index is -0.477. The number of ether oxygens (including phenoxy) is 2. The summed E-state index contributed by atoms with van der Waals surface area (Å²) in [5.74, 6) is -0.830. The van der Waals surface area contributed by atoms with Crippen LogP contribution < -0.4 is 4.74 Å². The molecule has 5 heteroatoms. The molecule has 3 aromatic rings. The van der Waals surface area contributed by atoms with Gasteiger partial charge in [-0.2, -0.15) is 0 Å². The molecule has 0 unspecified atom stereocenters. The zero-order valence-electron chi connectivity index (χ0n) is 18.7. The molecule has 0 aliphatic rings. The van der Waals surface area contributed by atoms with Crippen molar-refractivity contribution >= 4 is 11.9 Å². The lowest BCUT2D eigenvalue weighted by molar-refractivity contribution is -0.138. The van der Waals surface area contributed by atoms with Crippen LogP contribution in [0.2, 0.25) is 0 Å². The van der Waals surface area contributed by atoms with E-state index in [2.05, 4.69) is 13.2 Å². The third-order valence-corrected chi connectivity index (χ3v) is 4.97. The monoisotopic (exact) mass is 444 g/mol. The van der Waals surface area contributed by atoms with Crippen LogP contribution in [0.4, 0.5) is 4.39 Å². The standard InChI is InChI=1S/C28H25FO4/c1-18(2)27(30)32-16-15-23-9-10-24(17-26(23)29)22-7-5-20(6-8-22)21-11-13-25(14-12-21)33-28(31)19(3)4/h5-14,17H,1,3,15-16H2,2,4H3. The maximum Gasteiger partial charge on any atom is 0.338 e. The maximum atomic E-state index is 14.5. The van der Waals surface area contributed by atoms with Crippen LogP contribution in [-0.4, -0.2) is 18.5 Å². The van der Waals surface area contributed by atoms with E-state index in [0.717, 1.165) is 22.3 Å². The van der Waals surface area contributed by atoms with E-state index in [9.17, 15) is 14.0 Å². The Hall–Kier alpha value is -3.99. The van der Waals surface area contributed by atoms with Gasteiger partial charge in [0.15, 0.2) is 0 Å². The number of esters is 2. The van der Waals surface area contributed by atoms with Crippen LogP contribution in [0.3, 0.4) is 0 Å². The highest BCUT2D eigenvalue weighted by Crippen LogP contribution is 2.27. The smallest absolute Gasteiger partial charge is 0.338 e. The normalized spacial score (nSPS) is 10.4. The van der Waals surface area contributed by atoms with Crippen molar-refractivity contribution in [2.24, 2.45) is 0 Å². The van der Waals surface area contributed by atoms with Gasteiger partial charge in [0.25, 0.3) is 0 Å². The van der Waals surface area contributed by atoms with E-state index in [-0.39, 0.29) is 12.4 Å². The Kier molecular flexibility index (Phi) is 7.57. The largest absolute Gasteiger partial charge is 0.462 e. The fraction of sp³-hybridized carbons (Fsp3) is 0.143. The molecular formula is C28H25FO4. The van der Waals surface area contributed by atoms with E-state index >= 15 is 0 Å². The zero-order valence-corrected chi connectivity index (χ0v) is 18.7. The summed E-state index contributed by atoms with van der Waals surface area (Å²) in [4.78, 5) is 23.0. The van der Waals surface area contributed by atoms with Crippen molar-refractivity contribution < 1.29 is 23.5 Å². The Morgan fingerprint density at radius 3 is 1.76 bits per heavy atom. The molecule has 0 aliphatic carbocycles. The number of benzene rings is 3. The molecule has 0 saturated heterocycles. The van der Waals surface area contributed by atoms with Gasteiger partial charge in [0.2, 0.25) is 0 Å². The van der Waals surface area contributed by atoms with E-state index in [1.165, 1.54) is 6.07 Å². The third-order valence-electron chi connectivity index (χ3n) is 4.97. The number of hydrogen-bond acceptors (Lipinski definition) is 4. The van der Waals surface area contributed by atoms with Crippen LogP contribution in [0.25, 0.3) is 22.3 Å². The highest BCUT2D eigenvalue weighted by atomic mass is 19.1. The number of hydrogen-bond donors (Lipinski definition) is 0. The molecular weight excluding hydrogens is 419 g/mol. The second-order valence-corrected chi connectivity index (χ2v) is 7.74. The van der Waals surface area contributed by atoms with Crippen LogP contribution >= 0.6 is 0 Å². The molecule has 4 nitrogen and oxygen atoms in total. The SMILES string of the molecule is C=C(C)C(=O)OCCc1ccc(-c2ccc(-c3ccc(OC(=O)C(=C)C)cc3)cc2)cc1F. The predicted octanol–water partition coefficient (Wildman–Crippen LogP) is 6.30. The molecule has 3 aromatic carbocycles. The number of carbonyl (C=O) groups is 2. The summed E-state index contributed by atoms with van der Waals surface area (Å²) in [6.45, 7) is 10.4. The summed E-state index contributed by atoms with van der Waals surface area (Å²) >= 11 is 0. The van der Waals surface area contributed by atoms with Crippen molar-refractivity contribution in [3.63, 3.8) is 0 Å². The molecule has 0 spiro atoms. The van der Waals surface area contributed by atoms with Gasteiger partial charge >= 0.3 is 11.9 Å². The van der Waals surface area contributed by atoms with Gasteiger partial charge in [0.05, 0.1) is 6.61 Å². The fourth-order valence-corrected chi connectivity index (χ4v) is 3.07. The first-order valence-corrected chi connectivity index (χ1v) is 10.4. The predicted molar refractivity (Wildman–Crippen MR) is 127 cm³/mol. The fourth-order valence-electron chi connectivity index (χ4n) is 3.07. The summed E-state index contributed by atoms with van der Waals surface area (Å²) in [6.07, 6.45) is 0.293. The van der Waals surface area contributed by atoms with E-state index in [1.807, 2.05) is 42.5 Å². The van der Waals surface area contributed by atoms with Gasteiger partial charge in [-0.15, -0.1) is 0 Å². The van der Waals surface area contributed by atoms with Gasteiger partial charge in [-0.1, -0.05) is 61.7 Å². The van der Waals surface area contributed by atoms with E-state index in [1.54, 1.807) is 32.0 Å². The van der Waals surface area contributed by atoms with Crippen molar-refractivity contribution in [1.29, 1.82) is 0 Å². The molecule has 0 N–H and O–H groups in total. The first kappa shape index (κ1) is 23.7. The first-order chi connectivity index (χ1) is 15.7. The average molecular weight is 445 g/mol. The van der Waals surface area contributed by atoms with Crippen LogP contribution in [0.1, 0.15) is 19.4 Å². The van der Waals surface area contributed by atoms with Crippen LogP contribution in [-0.2, 0) is 20.7 Å². The van der Waals surface area contributed by atoms with Gasteiger partial charge in [0.1, 0.15) is 11.6 Å². The number of halogens is 1. The lowest BCUT2D eigenvalue weighted by Crippen LogP contribution is -2.08. The molecule has 0 fully saturated rings. The average Bonchev–Trinajstić information content (AvgIpc) is 2.80. The summed E-state index contributed by atoms with van der Waals surface area (Å²) in [7, 11) is 0. The summed E-state index contributed by atoms with van der Waals surface area (Å²) in [5, 5.41) is 0. The maximum absolute atomic E-state index is 14.5. The van der Waals surface area contributed by atoms with E-state index < -0.39 is 11.9 Å². The van der Waals surface area contributed by atoms with Crippen LogP contribution in [0.5, 0.6) is 5.75 Å². The lowest BCUT2D eigenvalue weighted by atomic mass is 9.99. The zero-order chi connectivity index (χ0) is 24.0. The van der Waals surface area contributed by atoms with Crippen LogP contribution in [0.15, 0.2) is 91.0 Å². The molecule has 0 radical (unpaired) electrons. The van der Waals surface area contributed by atoms with Gasteiger partial charge in [-0.25, -0.2) is 14.0 Å². The molecule has 0 amide bonds. The van der Waals surface area contributed by atoms with Gasteiger partial charge in [0, 0.05) is 17.6 Å². The lowest BCUT2D eigenvalue weighted by Gasteiger charge is -2.09. The Bertz CT molecular complexity index is 1190. The second-order valence-electron chi connectivity index (χ2n) is 7.74. The molecule has 168 valence electrons. The van der Waals surface area contributed by atoms with Crippen molar-refractivity contribution in [3.8, 4) is 28.0 Å². The van der Waals surface area contributed by atoms with Crippen molar-refractivity contribution in [2.45, 2.75) is 20.3 Å². The third kappa shape index (κ3) is 6.26. The molecule has 0 saturated carbocycles. The van der Waals surface area contributed by atoms with Crippen LogP contribution in [0, 0.1) is 5.82 Å². The summed E-state index contributed by atoms with van der Waals surface area (Å²) < 4.78 is 24.8. The number of carbonyl (C=O) groups excluding carboxylic acids is 2. The topological polar surface area (TPSA) is 52.6 Å². The van der Waals surface area contributed by atoms with Crippen molar-refractivity contribution in [2.75, 3.05) is 6.61 Å². The Balaban J connectivity index is 1.66. The minimum absolute atomic E-state index is 0.0991. The summed E-state index contributed by atoms with van der Waals surface area (Å²) in [6, 6.07) is 20.0. The highest BCUT2D eigenvalue weighted by Gasteiger charge is 2.09. The van der Waals surface area contributed by atoms with E-state index in [0.29, 0.717) is 28.9 Å². The van der Waals surface area contributed by atoms with Crippen molar-refractivity contribution in [1.82, 2.24) is 0 Å². The van der Waals surface area contributed by atoms with Gasteiger partial charge < -0.3 is 9.47 Å². The Morgan fingerprint density at radius 2 is 1.24 bits per heavy atom. The summed E-state index contributed by atoms with van der Waals surface area (Å²) in [5.41, 5.74) is 4.71. The minimum Gasteiger partial charge on any atom is -0.462 e. The molecule has 3 rings (SSSR count). The molecule has 0 bridgehead atoms. The molecule has 33 heavy (non-hydrogen) atoms. The quantitative estimate of drug-likeness (QED) is 0.232. The highest BCUT2D eigenvalue weighted by molar-refractivity contribution is 5.89. The van der Waals surface area contributed by atoms with E-state index in [4.69, 9.17) is 9.47 Å². The van der Waals surface area contributed by atoms with Crippen molar-refractivity contribution in [3.05, 3.63) is 102 Å². The Morgan fingerprint density at radius 1 is 0.758 bits per heavy atom. The first-order valence-electron chi connectivity index (χ1n) is 10.4. The second kappa shape index (κ2) is 10.6. The molecule has 0 aliphatic heterocycles. The molecule has 0 heterocycles. The molecule has 0 atom stereocenters. The van der Waals surface area contributed by atoms with Gasteiger partial charge in [-0.3, -0.25) is 0 Å². The molecule has 0 aromatic heterocycles. The number of rotatable bonds is 8.